The van der Waals surface area contributed by atoms with E-state index >= 15 is 0 Å². The van der Waals surface area contributed by atoms with Crippen molar-refractivity contribution in [1.82, 2.24) is 19.9 Å². The first kappa shape index (κ1) is 15.1. The lowest BCUT2D eigenvalue weighted by Gasteiger charge is -2.30. The molecule has 8 heteroatoms. The Kier molecular flexibility index (Phi) is 3.59. The lowest BCUT2D eigenvalue weighted by atomic mass is 9.99. The highest BCUT2D eigenvalue weighted by atomic mass is 19.1. The molecular weight excluding hydrogens is 303 g/mol. The van der Waals surface area contributed by atoms with E-state index in [4.69, 9.17) is 0 Å². The van der Waals surface area contributed by atoms with Crippen molar-refractivity contribution in [1.29, 1.82) is 0 Å². The maximum absolute atomic E-state index is 12.9. The fraction of sp³-hybridized carbons (Fsp3) is 0.333. The summed E-state index contributed by atoms with van der Waals surface area (Å²) in [6.07, 6.45) is 2.31. The van der Waals surface area contributed by atoms with Crippen molar-refractivity contribution in [3.63, 3.8) is 0 Å². The van der Waals surface area contributed by atoms with Crippen LogP contribution in [0.15, 0.2) is 30.5 Å². The third-order valence-electron chi connectivity index (χ3n) is 4.12. The van der Waals surface area contributed by atoms with Gasteiger partial charge >= 0.3 is 5.97 Å². The zero-order chi connectivity index (χ0) is 16.6. The van der Waals surface area contributed by atoms with E-state index in [-0.39, 0.29) is 11.5 Å². The Morgan fingerprint density at radius 2 is 2.00 bits per heavy atom. The van der Waals surface area contributed by atoms with E-state index in [0.717, 1.165) is 0 Å². The van der Waals surface area contributed by atoms with Crippen LogP contribution in [0.2, 0.25) is 0 Å². The number of halogens is 1. The molecule has 1 amide bonds. The molecule has 2 heterocycles. The van der Waals surface area contributed by atoms with Crippen molar-refractivity contribution in [2.24, 2.45) is 0 Å². The SMILES string of the molecule is CC1(C(=O)O)CCCN1C(=O)c1cnn(-c2ccc(F)cc2)n1. The molecule has 7 nitrogen and oxygen atoms in total. The smallest absolute Gasteiger partial charge is 0.329 e. The average molecular weight is 318 g/mol. The second-order valence-corrected chi connectivity index (χ2v) is 5.64. The van der Waals surface area contributed by atoms with Gasteiger partial charge in [0, 0.05) is 6.54 Å². The predicted molar refractivity (Wildman–Crippen MR) is 77.6 cm³/mol. The molecule has 0 radical (unpaired) electrons. The number of carboxylic acids is 1. The first-order valence-electron chi connectivity index (χ1n) is 7.15. The topological polar surface area (TPSA) is 88.3 Å². The van der Waals surface area contributed by atoms with Crippen LogP contribution in [0.25, 0.3) is 5.69 Å². The van der Waals surface area contributed by atoms with Gasteiger partial charge in [0.15, 0.2) is 5.69 Å². The summed E-state index contributed by atoms with van der Waals surface area (Å²) in [5.74, 6) is -1.89. The number of hydrogen-bond acceptors (Lipinski definition) is 4. The fourth-order valence-corrected chi connectivity index (χ4v) is 2.71. The largest absolute Gasteiger partial charge is 0.480 e. The number of rotatable bonds is 3. The number of benzene rings is 1. The van der Waals surface area contributed by atoms with Crippen molar-refractivity contribution in [2.75, 3.05) is 6.54 Å². The number of aliphatic carboxylic acids is 1. The van der Waals surface area contributed by atoms with Crippen molar-refractivity contribution >= 4 is 11.9 Å². The summed E-state index contributed by atoms with van der Waals surface area (Å²) >= 11 is 0. The Morgan fingerprint density at radius 3 is 2.65 bits per heavy atom. The summed E-state index contributed by atoms with van der Waals surface area (Å²) < 4.78 is 12.9. The van der Waals surface area contributed by atoms with Gasteiger partial charge in [-0.15, -0.1) is 5.10 Å². The summed E-state index contributed by atoms with van der Waals surface area (Å²) in [5, 5.41) is 17.4. The van der Waals surface area contributed by atoms with Gasteiger partial charge in [-0.25, -0.2) is 9.18 Å². The highest BCUT2D eigenvalue weighted by Gasteiger charge is 2.46. The number of hydrogen-bond donors (Lipinski definition) is 1. The molecular formula is C15H15FN4O3. The number of amides is 1. The number of nitrogens with zero attached hydrogens (tertiary/aromatic N) is 4. The third kappa shape index (κ3) is 2.56. The molecule has 0 aliphatic carbocycles. The predicted octanol–water partition coefficient (Wildman–Crippen LogP) is 1.49. The number of aromatic nitrogens is 3. The molecule has 0 spiro atoms. The second-order valence-electron chi connectivity index (χ2n) is 5.64. The van der Waals surface area contributed by atoms with Crippen LogP contribution in [0.5, 0.6) is 0 Å². The molecule has 1 saturated heterocycles. The van der Waals surface area contributed by atoms with Crippen LogP contribution >= 0.6 is 0 Å². The first-order valence-corrected chi connectivity index (χ1v) is 7.15. The summed E-state index contributed by atoms with van der Waals surface area (Å²) in [6, 6.07) is 5.51. The Bertz CT molecular complexity index is 758. The Morgan fingerprint density at radius 1 is 1.30 bits per heavy atom. The second kappa shape index (κ2) is 5.45. The lowest BCUT2D eigenvalue weighted by molar-refractivity contribution is -0.147. The minimum absolute atomic E-state index is 0.0590. The van der Waals surface area contributed by atoms with E-state index in [1.54, 1.807) is 0 Å². The van der Waals surface area contributed by atoms with Gasteiger partial charge in [-0.2, -0.15) is 9.90 Å². The van der Waals surface area contributed by atoms with Gasteiger partial charge in [0.25, 0.3) is 5.91 Å². The van der Waals surface area contributed by atoms with Crippen molar-refractivity contribution < 1.29 is 19.1 Å². The maximum atomic E-state index is 12.9. The van der Waals surface area contributed by atoms with Gasteiger partial charge in [0.05, 0.1) is 11.9 Å². The number of carbonyl (C=O) groups is 2. The summed E-state index contributed by atoms with van der Waals surface area (Å²) in [7, 11) is 0. The summed E-state index contributed by atoms with van der Waals surface area (Å²) in [6.45, 7) is 1.90. The zero-order valence-corrected chi connectivity index (χ0v) is 12.4. The molecule has 1 atom stereocenters. The van der Waals surface area contributed by atoms with Crippen molar-refractivity contribution in [3.05, 3.63) is 42.0 Å². The zero-order valence-electron chi connectivity index (χ0n) is 12.4. The van der Waals surface area contributed by atoms with E-state index < -0.39 is 17.4 Å². The monoisotopic (exact) mass is 318 g/mol. The molecule has 1 N–H and O–H groups in total. The van der Waals surface area contributed by atoms with Gasteiger partial charge in [-0.05, 0) is 44.0 Å². The molecule has 0 bridgehead atoms. The van der Waals surface area contributed by atoms with Crippen LogP contribution in [-0.4, -0.2) is 49.0 Å². The minimum atomic E-state index is -1.23. The van der Waals surface area contributed by atoms with Crippen molar-refractivity contribution in [3.8, 4) is 5.69 Å². The number of carboxylic acid groups (broad SMARTS) is 1. The van der Waals surface area contributed by atoms with Crippen LogP contribution in [0, 0.1) is 5.82 Å². The van der Waals surface area contributed by atoms with E-state index in [2.05, 4.69) is 10.2 Å². The van der Waals surface area contributed by atoms with E-state index in [1.165, 1.54) is 47.1 Å². The summed E-state index contributed by atoms with van der Waals surface area (Å²) in [4.78, 5) is 26.5. The number of carbonyl (C=O) groups excluding carboxylic acids is 1. The molecule has 1 aromatic carbocycles. The van der Waals surface area contributed by atoms with E-state index in [1.807, 2.05) is 0 Å². The lowest BCUT2D eigenvalue weighted by Crippen LogP contribution is -2.50. The van der Waals surface area contributed by atoms with Crippen LogP contribution in [0.4, 0.5) is 4.39 Å². The molecule has 1 fully saturated rings. The highest BCUT2D eigenvalue weighted by molar-refractivity contribution is 5.96. The van der Waals surface area contributed by atoms with Gasteiger partial charge < -0.3 is 10.0 Å². The molecule has 1 unspecified atom stereocenters. The van der Waals surface area contributed by atoms with Crippen molar-refractivity contribution in [2.45, 2.75) is 25.3 Å². The van der Waals surface area contributed by atoms with Crippen LogP contribution in [0.1, 0.15) is 30.3 Å². The Balaban J connectivity index is 1.87. The minimum Gasteiger partial charge on any atom is -0.480 e. The quantitative estimate of drug-likeness (QED) is 0.926. The Labute approximate surface area is 131 Å². The molecule has 1 aliphatic heterocycles. The average Bonchev–Trinajstić information content (AvgIpc) is 3.15. The Hall–Kier alpha value is -2.77. The first-order chi connectivity index (χ1) is 10.9. The van der Waals surface area contributed by atoms with E-state index in [9.17, 15) is 19.1 Å². The molecule has 2 aromatic rings. The maximum Gasteiger partial charge on any atom is 0.329 e. The van der Waals surface area contributed by atoms with E-state index in [0.29, 0.717) is 25.1 Å². The van der Waals surface area contributed by atoms with Gasteiger partial charge in [0.1, 0.15) is 11.4 Å². The summed E-state index contributed by atoms with van der Waals surface area (Å²) in [5.41, 5.74) is -0.659. The third-order valence-corrected chi connectivity index (χ3v) is 4.12. The van der Waals surface area contributed by atoms with Gasteiger partial charge in [0.2, 0.25) is 0 Å². The normalized spacial score (nSPS) is 20.7. The fourth-order valence-electron chi connectivity index (χ4n) is 2.71. The van der Waals surface area contributed by atoms with Crippen LogP contribution < -0.4 is 0 Å². The highest BCUT2D eigenvalue weighted by Crippen LogP contribution is 2.30. The molecule has 0 saturated carbocycles. The molecule has 3 rings (SSSR count). The molecule has 23 heavy (non-hydrogen) atoms. The standard InChI is InChI=1S/C15H15FN4O3/c1-15(14(22)23)7-2-8-19(15)13(21)12-9-17-20(18-12)11-5-3-10(16)4-6-11/h3-6,9H,2,7-8H2,1H3,(H,22,23). The van der Waals surface area contributed by atoms with Gasteiger partial charge in [-0.3, -0.25) is 4.79 Å². The molecule has 1 aromatic heterocycles. The molecule has 1 aliphatic rings. The van der Waals surface area contributed by atoms with Crippen LogP contribution in [0.3, 0.4) is 0 Å². The van der Waals surface area contributed by atoms with Crippen LogP contribution in [-0.2, 0) is 4.79 Å². The van der Waals surface area contributed by atoms with Gasteiger partial charge in [-0.1, -0.05) is 0 Å². The molecule has 120 valence electrons. The number of likely N-dealkylation sites (tertiary alicyclic amines) is 1.